The summed E-state index contributed by atoms with van der Waals surface area (Å²) >= 11 is 0. The number of pyridine rings is 1. The largest absolute Gasteiger partial charge is 0.353 e. The van der Waals surface area contributed by atoms with E-state index in [1.807, 2.05) is 41.3 Å². The Labute approximate surface area is 173 Å². The van der Waals surface area contributed by atoms with Crippen LogP contribution in [0.3, 0.4) is 0 Å². The molecule has 2 heterocycles. The molecule has 154 valence electrons. The van der Waals surface area contributed by atoms with E-state index >= 15 is 0 Å². The number of carbonyl (C=O) groups is 2. The average Bonchev–Trinajstić information content (AvgIpc) is 2.77. The first-order chi connectivity index (χ1) is 14.0. The van der Waals surface area contributed by atoms with E-state index in [9.17, 15) is 9.59 Å². The van der Waals surface area contributed by atoms with Gasteiger partial charge in [0.1, 0.15) is 12.4 Å². The summed E-state index contributed by atoms with van der Waals surface area (Å²) in [7, 11) is 0. The first-order valence-electron chi connectivity index (χ1n) is 10.4. The van der Waals surface area contributed by atoms with Crippen LogP contribution in [0.25, 0.3) is 0 Å². The van der Waals surface area contributed by atoms with E-state index in [1.54, 1.807) is 11.1 Å². The molecule has 0 aliphatic carbocycles. The summed E-state index contributed by atoms with van der Waals surface area (Å²) in [5.41, 5.74) is 3.12. The van der Waals surface area contributed by atoms with Crippen molar-refractivity contribution >= 4 is 23.3 Å². The minimum atomic E-state index is -0.0962. The molecule has 1 aromatic heterocycles. The Hall–Kier alpha value is -2.89. The minimum absolute atomic E-state index is 0.00571. The van der Waals surface area contributed by atoms with Gasteiger partial charge in [0.05, 0.1) is 5.69 Å². The van der Waals surface area contributed by atoms with Crippen molar-refractivity contribution in [3.05, 3.63) is 53.7 Å². The Balaban J connectivity index is 1.71. The summed E-state index contributed by atoms with van der Waals surface area (Å²) < 4.78 is 0. The van der Waals surface area contributed by atoms with Crippen molar-refractivity contribution in [2.24, 2.45) is 0 Å². The van der Waals surface area contributed by atoms with Crippen molar-refractivity contribution in [3.63, 3.8) is 0 Å². The lowest BCUT2D eigenvalue weighted by atomic mass is 10.0. The fourth-order valence-corrected chi connectivity index (χ4v) is 3.87. The molecule has 0 atom stereocenters. The molecule has 2 amide bonds. The topological polar surface area (TPSA) is 56.8 Å². The standard InChI is InChI=1S/C23H30N4O2/c1-4-19-9-8-10-20(5-2)23(19)27(18(3)28)17-22(29)26-15-13-25(14-16-26)21-11-6-7-12-24-21/h6-12H,4-5,13-17H2,1-3H3. The van der Waals surface area contributed by atoms with Crippen LogP contribution in [0.2, 0.25) is 0 Å². The van der Waals surface area contributed by atoms with Crippen LogP contribution in [0.4, 0.5) is 11.5 Å². The van der Waals surface area contributed by atoms with Gasteiger partial charge in [0.15, 0.2) is 0 Å². The SMILES string of the molecule is CCc1cccc(CC)c1N(CC(=O)N1CCN(c2ccccn2)CC1)C(C)=O. The van der Waals surface area contributed by atoms with Crippen LogP contribution in [0.1, 0.15) is 31.9 Å². The monoisotopic (exact) mass is 394 g/mol. The van der Waals surface area contributed by atoms with E-state index in [0.717, 1.165) is 48.6 Å². The molecule has 0 saturated carbocycles. The number of aryl methyl sites for hydroxylation is 2. The van der Waals surface area contributed by atoms with Gasteiger partial charge >= 0.3 is 0 Å². The molecule has 0 bridgehead atoms. The lowest BCUT2D eigenvalue weighted by Crippen LogP contribution is -2.52. The molecular formula is C23H30N4O2. The third-order valence-corrected chi connectivity index (χ3v) is 5.51. The van der Waals surface area contributed by atoms with Gasteiger partial charge in [-0.05, 0) is 36.1 Å². The lowest BCUT2D eigenvalue weighted by Gasteiger charge is -2.36. The number of benzene rings is 1. The smallest absolute Gasteiger partial charge is 0.242 e. The number of para-hydroxylation sites is 1. The molecular weight excluding hydrogens is 364 g/mol. The van der Waals surface area contributed by atoms with Crippen LogP contribution in [0.5, 0.6) is 0 Å². The third kappa shape index (κ3) is 4.75. The summed E-state index contributed by atoms with van der Waals surface area (Å²) in [5.74, 6) is 0.837. The quantitative estimate of drug-likeness (QED) is 0.756. The number of hydrogen-bond acceptors (Lipinski definition) is 4. The van der Waals surface area contributed by atoms with E-state index in [1.165, 1.54) is 6.92 Å². The highest BCUT2D eigenvalue weighted by atomic mass is 16.2. The maximum Gasteiger partial charge on any atom is 0.242 e. The predicted molar refractivity (Wildman–Crippen MR) is 116 cm³/mol. The molecule has 6 nitrogen and oxygen atoms in total. The highest BCUT2D eigenvalue weighted by Gasteiger charge is 2.26. The van der Waals surface area contributed by atoms with Gasteiger partial charge in [-0.25, -0.2) is 4.98 Å². The fraction of sp³-hybridized carbons (Fsp3) is 0.435. The van der Waals surface area contributed by atoms with Gasteiger partial charge in [-0.1, -0.05) is 38.1 Å². The number of anilines is 2. The van der Waals surface area contributed by atoms with Crippen molar-refractivity contribution in [1.29, 1.82) is 0 Å². The summed E-state index contributed by atoms with van der Waals surface area (Å²) in [6, 6.07) is 12.0. The van der Waals surface area contributed by atoms with E-state index in [4.69, 9.17) is 0 Å². The Morgan fingerprint density at radius 1 is 0.966 bits per heavy atom. The summed E-state index contributed by atoms with van der Waals surface area (Å²) in [4.78, 5) is 35.6. The van der Waals surface area contributed by atoms with E-state index in [2.05, 4.69) is 23.7 Å². The highest BCUT2D eigenvalue weighted by molar-refractivity contribution is 5.98. The minimum Gasteiger partial charge on any atom is -0.353 e. The predicted octanol–water partition coefficient (Wildman–Crippen LogP) is 2.91. The first kappa shape index (κ1) is 20.8. The second-order valence-electron chi connectivity index (χ2n) is 7.29. The number of rotatable bonds is 6. The number of aromatic nitrogens is 1. The molecule has 0 unspecified atom stereocenters. The van der Waals surface area contributed by atoms with Gasteiger partial charge in [0.25, 0.3) is 0 Å². The van der Waals surface area contributed by atoms with Crippen LogP contribution in [0, 0.1) is 0 Å². The van der Waals surface area contributed by atoms with Crippen molar-refractivity contribution in [1.82, 2.24) is 9.88 Å². The zero-order valence-corrected chi connectivity index (χ0v) is 17.6. The van der Waals surface area contributed by atoms with Gasteiger partial charge in [0, 0.05) is 39.3 Å². The van der Waals surface area contributed by atoms with Crippen LogP contribution in [-0.2, 0) is 22.4 Å². The molecule has 29 heavy (non-hydrogen) atoms. The summed E-state index contributed by atoms with van der Waals surface area (Å²) in [5, 5.41) is 0. The lowest BCUT2D eigenvalue weighted by molar-refractivity contribution is -0.131. The number of hydrogen-bond donors (Lipinski definition) is 0. The molecule has 1 aliphatic rings. The van der Waals surface area contributed by atoms with E-state index in [0.29, 0.717) is 13.1 Å². The highest BCUT2D eigenvalue weighted by Crippen LogP contribution is 2.27. The second-order valence-corrected chi connectivity index (χ2v) is 7.29. The van der Waals surface area contributed by atoms with Crippen LogP contribution < -0.4 is 9.80 Å². The van der Waals surface area contributed by atoms with Crippen molar-refractivity contribution < 1.29 is 9.59 Å². The molecule has 1 aromatic carbocycles. The van der Waals surface area contributed by atoms with Crippen LogP contribution in [0.15, 0.2) is 42.6 Å². The number of piperazine rings is 1. The Morgan fingerprint density at radius 2 is 1.62 bits per heavy atom. The molecule has 1 saturated heterocycles. The zero-order chi connectivity index (χ0) is 20.8. The summed E-state index contributed by atoms with van der Waals surface area (Å²) in [6.07, 6.45) is 3.43. The number of nitrogens with zero attached hydrogens (tertiary/aromatic N) is 4. The van der Waals surface area contributed by atoms with Gasteiger partial charge in [-0.3, -0.25) is 9.59 Å². The van der Waals surface area contributed by atoms with Gasteiger partial charge in [-0.2, -0.15) is 0 Å². The molecule has 1 aliphatic heterocycles. The van der Waals surface area contributed by atoms with Crippen LogP contribution >= 0.6 is 0 Å². The normalized spacial score (nSPS) is 14.0. The molecule has 6 heteroatoms. The van der Waals surface area contributed by atoms with Crippen molar-refractivity contribution in [2.75, 3.05) is 42.5 Å². The Bertz CT molecular complexity index is 823. The molecule has 0 spiro atoms. The number of carbonyl (C=O) groups excluding carboxylic acids is 2. The van der Waals surface area contributed by atoms with Gasteiger partial charge in [0.2, 0.25) is 11.8 Å². The first-order valence-corrected chi connectivity index (χ1v) is 10.4. The molecule has 0 N–H and O–H groups in total. The Kier molecular flexibility index (Phi) is 6.86. The molecule has 2 aromatic rings. The average molecular weight is 395 g/mol. The van der Waals surface area contributed by atoms with Crippen molar-refractivity contribution in [2.45, 2.75) is 33.6 Å². The second kappa shape index (κ2) is 9.54. The maximum atomic E-state index is 13.0. The Morgan fingerprint density at radius 3 is 2.14 bits per heavy atom. The molecule has 3 rings (SSSR count). The molecule has 1 fully saturated rings. The van der Waals surface area contributed by atoms with Gasteiger partial charge in [-0.15, -0.1) is 0 Å². The number of amides is 2. The summed E-state index contributed by atoms with van der Waals surface area (Å²) in [6.45, 7) is 8.54. The fourth-order valence-electron chi connectivity index (χ4n) is 3.87. The molecule has 0 radical (unpaired) electrons. The van der Waals surface area contributed by atoms with Crippen molar-refractivity contribution in [3.8, 4) is 0 Å². The van der Waals surface area contributed by atoms with E-state index in [-0.39, 0.29) is 18.4 Å². The van der Waals surface area contributed by atoms with Crippen LogP contribution in [-0.4, -0.2) is 54.4 Å². The zero-order valence-electron chi connectivity index (χ0n) is 17.6. The third-order valence-electron chi connectivity index (χ3n) is 5.51. The van der Waals surface area contributed by atoms with Gasteiger partial charge < -0.3 is 14.7 Å². The van der Waals surface area contributed by atoms with E-state index < -0.39 is 0 Å². The maximum absolute atomic E-state index is 13.0.